The van der Waals surface area contributed by atoms with Gasteiger partial charge in [0.1, 0.15) is 0 Å². The third-order valence-corrected chi connectivity index (χ3v) is 13.6. The first-order valence-electron chi connectivity index (χ1n) is 7.17. The van der Waals surface area contributed by atoms with E-state index in [1.807, 2.05) is 7.76 Å². The molecule has 0 amide bonds. The van der Waals surface area contributed by atoms with Crippen molar-refractivity contribution < 1.29 is 16.6 Å². The number of allylic oxidation sites excluding steroid dienone is 8. The van der Waals surface area contributed by atoms with Crippen molar-refractivity contribution in [3.63, 3.8) is 0 Å². The van der Waals surface area contributed by atoms with Gasteiger partial charge in [-0.15, -0.1) is 0 Å². The van der Waals surface area contributed by atoms with Crippen molar-refractivity contribution in [1.82, 2.24) is 0 Å². The van der Waals surface area contributed by atoms with Crippen molar-refractivity contribution in [2.75, 3.05) is 0 Å². The Balaban J connectivity index is 2.09. The maximum absolute atomic E-state index is 2.46. The first-order chi connectivity index (χ1) is 8.41. The molecule has 0 nitrogen and oxygen atoms in total. The van der Waals surface area contributed by atoms with Gasteiger partial charge < -0.3 is 0 Å². The molecule has 0 aromatic heterocycles. The molecule has 0 N–H and O–H groups in total. The summed E-state index contributed by atoms with van der Waals surface area (Å²) in [6.45, 7) is 12.0. The molecule has 0 unspecified atom stereocenters. The summed E-state index contributed by atoms with van der Waals surface area (Å²) in [7, 11) is 0. The summed E-state index contributed by atoms with van der Waals surface area (Å²) < 4.78 is 6.85. The Labute approximate surface area is 115 Å². The summed E-state index contributed by atoms with van der Waals surface area (Å²) in [6.07, 6.45) is 8.34. The van der Waals surface area contributed by atoms with Crippen LogP contribution in [-0.4, -0.2) is 0 Å². The van der Waals surface area contributed by atoms with Crippen molar-refractivity contribution in [2.45, 2.75) is 50.5 Å². The van der Waals surface area contributed by atoms with Crippen molar-refractivity contribution in [3.8, 4) is 0 Å². The van der Waals surface area contributed by atoms with Crippen molar-refractivity contribution >= 4 is 0 Å². The van der Waals surface area contributed by atoms with E-state index in [0.717, 1.165) is 0 Å². The molecule has 0 aromatic rings. The van der Waals surface area contributed by atoms with Gasteiger partial charge in [0.05, 0.1) is 0 Å². The van der Waals surface area contributed by atoms with E-state index in [0.29, 0.717) is 5.41 Å². The van der Waals surface area contributed by atoms with Gasteiger partial charge in [-0.1, -0.05) is 0 Å². The van der Waals surface area contributed by atoms with Gasteiger partial charge in [0.2, 0.25) is 0 Å². The molecule has 2 aliphatic carbocycles. The Morgan fingerprint density at radius 2 is 1.72 bits per heavy atom. The molecule has 3 aliphatic rings. The zero-order valence-corrected chi connectivity index (χ0v) is 13.9. The van der Waals surface area contributed by atoms with Gasteiger partial charge in [0, 0.05) is 0 Å². The monoisotopic (exact) mass is 276 g/mol. The van der Waals surface area contributed by atoms with E-state index in [9.17, 15) is 0 Å². The van der Waals surface area contributed by atoms with Crippen LogP contribution in [0.4, 0.5) is 0 Å². The fourth-order valence-electron chi connectivity index (χ4n) is 4.21. The van der Waals surface area contributed by atoms with E-state index >= 15 is 0 Å². The van der Waals surface area contributed by atoms with Gasteiger partial charge in [-0.2, -0.15) is 0 Å². The second-order valence-electron chi connectivity index (χ2n) is 6.78. The van der Waals surface area contributed by atoms with Gasteiger partial charge in [0.25, 0.3) is 0 Å². The van der Waals surface area contributed by atoms with Gasteiger partial charge in [-0.3, -0.25) is 0 Å². The SMILES string of the molecule is CC1=C(C)C(C)(C)[C]([Ti]2([C]3=CC=CC3)[CH2][CH2]2)=C1C. The van der Waals surface area contributed by atoms with E-state index < -0.39 is 16.6 Å². The fraction of sp³-hybridized carbons (Fsp3) is 0.529. The summed E-state index contributed by atoms with van der Waals surface area (Å²) in [5.41, 5.74) is 5.20. The molecule has 0 radical (unpaired) electrons. The number of hydrogen-bond acceptors (Lipinski definition) is 0. The molecular weight excluding hydrogens is 252 g/mol. The van der Waals surface area contributed by atoms with Gasteiger partial charge in [-0.05, 0) is 0 Å². The number of hydrogen-bond donors (Lipinski definition) is 0. The van der Waals surface area contributed by atoms with E-state index in [4.69, 9.17) is 0 Å². The van der Waals surface area contributed by atoms with Crippen LogP contribution in [0, 0.1) is 5.41 Å². The van der Waals surface area contributed by atoms with E-state index in [2.05, 4.69) is 52.8 Å². The minimum absolute atomic E-state index is 0.341. The first-order valence-corrected chi connectivity index (χ1v) is 10.9. The zero-order chi connectivity index (χ0) is 13.1. The first kappa shape index (κ1) is 12.7. The fourth-order valence-corrected chi connectivity index (χ4v) is 13.5. The molecule has 18 heavy (non-hydrogen) atoms. The predicted octanol–water partition coefficient (Wildman–Crippen LogP) is 5.48. The second kappa shape index (κ2) is 3.84. The van der Waals surface area contributed by atoms with Crippen LogP contribution in [0.5, 0.6) is 0 Å². The molecule has 1 fully saturated rings. The van der Waals surface area contributed by atoms with Crippen LogP contribution in [0.2, 0.25) is 9.45 Å². The van der Waals surface area contributed by atoms with Gasteiger partial charge in [-0.25, -0.2) is 0 Å². The van der Waals surface area contributed by atoms with Crippen LogP contribution in [0.25, 0.3) is 0 Å². The molecule has 0 spiro atoms. The third-order valence-electron chi connectivity index (χ3n) is 5.68. The average Bonchev–Trinajstić information content (AvgIpc) is 2.87. The number of rotatable bonds is 2. The molecule has 0 aromatic carbocycles. The Bertz CT molecular complexity index is 534. The Morgan fingerprint density at radius 1 is 1.06 bits per heavy atom. The molecule has 1 aliphatic heterocycles. The minimum atomic E-state index is -1.81. The topological polar surface area (TPSA) is 0 Å². The summed E-state index contributed by atoms with van der Waals surface area (Å²) in [5.74, 6) is 0. The Hall–Kier alpha value is -0.326. The van der Waals surface area contributed by atoms with Crippen molar-refractivity contribution in [2.24, 2.45) is 5.41 Å². The molecular formula is C17H24Ti. The molecule has 0 bridgehead atoms. The van der Waals surface area contributed by atoms with Crippen LogP contribution in [0.1, 0.15) is 41.0 Å². The van der Waals surface area contributed by atoms with Crippen molar-refractivity contribution in [1.29, 1.82) is 0 Å². The zero-order valence-electron chi connectivity index (χ0n) is 12.4. The molecule has 1 heterocycles. The van der Waals surface area contributed by atoms with Crippen LogP contribution in [0.3, 0.4) is 0 Å². The van der Waals surface area contributed by atoms with Crippen LogP contribution < -0.4 is 0 Å². The molecule has 0 saturated carbocycles. The van der Waals surface area contributed by atoms with Crippen molar-refractivity contribution in [3.05, 3.63) is 42.7 Å². The average molecular weight is 276 g/mol. The maximum atomic E-state index is 2.46. The van der Waals surface area contributed by atoms with E-state index in [-0.39, 0.29) is 0 Å². The summed E-state index contributed by atoms with van der Waals surface area (Å²) in [5, 5.41) is 0. The predicted molar refractivity (Wildman–Crippen MR) is 76.3 cm³/mol. The Morgan fingerprint density at radius 3 is 2.11 bits per heavy atom. The van der Waals surface area contributed by atoms with Crippen LogP contribution in [0.15, 0.2) is 42.7 Å². The van der Waals surface area contributed by atoms with Gasteiger partial charge >= 0.3 is 115 Å². The standard InChI is InChI=1S/C10H15.C5H5.C2H4.Ti/c1-7-6-10(4,5)9(3)8(7)2;1-2-4-5-3-1;1-2;/h1-5H3;1-3H,4H2;1-2H2;. The summed E-state index contributed by atoms with van der Waals surface area (Å²) >= 11 is -1.81. The summed E-state index contributed by atoms with van der Waals surface area (Å²) in [6, 6.07) is 0. The molecule has 1 heteroatoms. The molecule has 0 atom stereocenters. The second-order valence-corrected chi connectivity index (χ2v) is 13.5. The normalized spacial score (nSPS) is 28.2. The van der Waals surface area contributed by atoms with E-state index in [1.54, 1.807) is 26.2 Å². The van der Waals surface area contributed by atoms with Gasteiger partial charge in [0.15, 0.2) is 0 Å². The van der Waals surface area contributed by atoms with Crippen LogP contribution in [-0.2, 0) is 16.6 Å². The molecule has 3 rings (SSSR count). The third kappa shape index (κ3) is 1.49. The quantitative estimate of drug-likeness (QED) is 0.585. The molecule has 1 saturated heterocycles. The van der Waals surface area contributed by atoms with Crippen LogP contribution >= 0.6 is 0 Å². The Kier molecular flexibility index (Phi) is 2.71. The van der Waals surface area contributed by atoms with E-state index in [1.165, 1.54) is 6.42 Å². The molecule has 96 valence electrons. The summed E-state index contributed by atoms with van der Waals surface area (Å²) in [4.78, 5) is 0.